The summed E-state index contributed by atoms with van der Waals surface area (Å²) in [5.74, 6) is 0.00258. The van der Waals surface area contributed by atoms with Crippen LogP contribution in [0.3, 0.4) is 0 Å². The van der Waals surface area contributed by atoms with Crippen LogP contribution in [-0.4, -0.2) is 17.1 Å². The number of benzene rings is 1. The van der Waals surface area contributed by atoms with Crippen molar-refractivity contribution in [1.82, 2.24) is 5.32 Å². The molecule has 1 aromatic rings. The van der Waals surface area contributed by atoms with Gasteiger partial charge in [0, 0.05) is 11.3 Å². The molecule has 15 heavy (non-hydrogen) atoms. The molecule has 0 saturated carbocycles. The fraction of sp³-hybridized carbons (Fsp3) is 0.273. The van der Waals surface area contributed by atoms with Crippen molar-refractivity contribution in [2.24, 2.45) is 0 Å². The monoisotopic (exact) mass is 221 g/mol. The molecule has 4 heteroatoms. The van der Waals surface area contributed by atoms with E-state index < -0.39 is 0 Å². The quantitative estimate of drug-likeness (QED) is 0.828. The number of thioether (sulfide) groups is 1. The Morgan fingerprint density at radius 2 is 2.20 bits per heavy atom. The lowest BCUT2D eigenvalue weighted by Crippen LogP contribution is -2.37. The van der Waals surface area contributed by atoms with E-state index >= 15 is 0 Å². The lowest BCUT2D eigenvalue weighted by Gasteiger charge is -2.23. The van der Waals surface area contributed by atoms with E-state index in [1.165, 1.54) is 18.7 Å². The maximum Gasteiger partial charge on any atom is 0.253 e. The van der Waals surface area contributed by atoms with Crippen LogP contribution >= 0.6 is 11.8 Å². The molecule has 1 amide bonds. The SMILES string of the molecule is CC(=O)CC1NC(=O)c2ccccc2S1. The van der Waals surface area contributed by atoms with Gasteiger partial charge in [0.2, 0.25) is 0 Å². The zero-order valence-electron chi connectivity index (χ0n) is 8.32. The van der Waals surface area contributed by atoms with E-state index in [9.17, 15) is 9.59 Å². The highest BCUT2D eigenvalue weighted by molar-refractivity contribution is 8.00. The molecule has 0 aliphatic carbocycles. The molecule has 1 N–H and O–H groups in total. The van der Waals surface area contributed by atoms with Gasteiger partial charge in [-0.25, -0.2) is 0 Å². The van der Waals surface area contributed by atoms with Crippen LogP contribution in [0.25, 0.3) is 0 Å². The van der Waals surface area contributed by atoms with Crippen LogP contribution in [0.2, 0.25) is 0 Å². The van der Waals surface area contributed by atoms with E-state index in [-0.39, 0.29) is 17.1 Å². The number of amides is 1. The summed E-state index contributed by atoms with van der Waals surface area (Å²) in [6, 6.07) is 7.44. The molecule has 1 aromatic carbocycles. The van der Waals surface area contributed by atoms with Crippen LogP contribution in [-0.2, 0) is 4.79 Å². The molecule has 0 radical (unpaired) electrons. The van der Waals surface area contributed by atoms with Crippen molar-refractivity contribution >= 4 is 23.5 Å². The van der Waals surface area contributed by atoms with Crippen molar-refractivity contribution in [2.75, 3.05) is 0 Å². The maximum atomic E-state index is 11.6. The minimum Gasteiger partial charge on any atom is -0.339 e. The Bertz CT molecular complexity index is 417. The molecule has 1 aliphatic rings. The Kier molecular flexibility index (Phi) is 2.77. The van der Waals surface area contributed by atoms with E-state index in [0.717, 1.165) is 4.90 Å². The van der Waals surface area contributed by atoms with E-state index in [0.29, 0.717) is 12.0 Å². The van der Waals surface area contributed by atoms with Crippen LogP contribution in [0.15, 0.2) is 29.2 Å². The molecule has 0 aromatic heterocycles. The number of hydrogen-bond donors (Lipinski definition) is 1. The second-order valence-corrected chi connectivity index (χ2v) is 4.73. The largest absolute Gasteiger partial charge is 0.339 e. The molecule has 78 valence electrons. The summed E-state index contributed by atoms with van der Waals surface area (Å²) >= 11 is 1.54. The Hall–Kier alpha value is -1.29. The molecule has 0 spiro atoms. The average molecular weight is 221 g/mol. The zero-order valence-corrected chi connectivity index (χ0v) is 9.14. The zero-order chi connectivity index (χ0) is 10.8. The molecule has 3 nitrogen and oxygen atoms in total. The highest BCUT2D eigenvalue weighted by Gasteiger charge is 2.24. The van der Waals surface area contributed by atoms with Gasteiger partial charge in [0.1, 0.15) is 5.78 Å². The van der Waals surface area contributed by atoms with Gasteiger partial charge >= 0.3 is 0 Å². The fourth-order valence-electron chi connectivity index (χ4n) is 1.52. The molecule has 0 fully saturated rings. The number of carbonyl (C=O) groups is 2. The number of carbonyl (C=O) groups excluding carboxylic acids is 2. The number of fused-ring (bicyclic) bond motifs is 1. The van der Waals surface area contributed by atoms with E-state index in [4.69, 9.17) is 0 Å². The van der Waals surface area contributed by atoms with Crippen LogP contribution in [0, 0.1) is 0 Å². The van der Waals surface area contributed by atoms with E-state index in [1.54, 1.807) is 6.07 Å². The van der Waals surface area contributed by atoms with Gasteiger partial charge in [0.25, 0.3) is 5.91 Å². The van der Waals surface area contributed by atoms with Crippen molar-refractivity contribution in [3.63, 3.8) is 0 Å². The number of hydrogen-bond acceptors (Lipinski definition) is 3. The van der Waals surface area contributed by atoms with Gasteiger partial charge in [0.05, 0.1) is 10.9 Å². The van der Waals surface area contributed by atoms with Crippen molar-refractivity contribution < 1.29 is 9.59 Å². The topological polar surface area (TPSA) is 46.2 Å². The summed E-state index contributed by atoms with van der Waals surface area (Å²) in [7, 11) is 0. The molecule has 1 heterocycles. The van der Waals surface area contributed by atoms with Crippen LogP contribution in [0.4, 0.5) is 0 Å². The lowest BCUT2D eigenvalue weighted by molar-refractivity contribution is -0.117. The molecule has 1 atom stereocenters. The van der Waals surface area contributed by atoms with E-state index in [2.05, 4.69) is 5.32 Å². The smallest absolute Gasteiger partial charge is 0.253 e. The summed E-state index contributed by atoms with van der Waals surface area (Å²) in [4.78, 5) is 23.6. The number of rotatable bonds is 2. The predicted octanol–water partition coefficient (Wildman–Crippen LogP) is 1.83. The van der Waals surface area contributed by atoms with Crippen LogP contribution < -0.4 is 5.32 Å². The van der Waals surface area contributed by atoms with Crippen molar-refractivity contribution in [1.29, 1.82) is 0 Å². The lowest BCUT2D eigenvalue weighted by atomic mass is 10.2. The van der Waals surface area contributed by atoms with Gasteiger partial charge in [-0.2, -0.15) is 0 Å². The molecule has 1 aliphatic heterocycles. The second-order valence-electron chi connectivity index (χ2n) is 3.48. The summed E-state index contributed by atoms with van der Waals surface area (Å²) < 4.78 is 0. The summed E-state index contributed by atoms with van der Waals surface area (Å²) in [6.45, 7) is 1.53. The molecule has 1 unspecified atom stereocenters. The van der Waals surface area contributed by atoms with E-state index in [1.807, 2.05) is 18.2 Å². The third-order valence-corrected chi connectivity index (χ3v) is 3.34. The van der Waals surface area contributed by atoms with Gasteiger partial charge in [-0.15, -0.1) is 0 Å². The highest BCUT2D eigenvalue weighted by Crippen LogP contribution is 2.31. The molecule has 0 saturated heterocycles. The molecular weight excluding hydrogens is 210 g/mol. The summed E-state index contributed by atoms with van der Waals surface area (Å²) in [6.07, 6.45) is 0.380. The van der Waals surface area contributed by atoms with Gasteiger partial charge in [-0.05, 0) is 19.1 Å². The van der Waals surface area contributed by atoms with Crippen LogP contribution in [0.1, 0.15) is 23.7 Å². The van der Waals surface area contributed by atoms with Gasteiger partial charge in [-0.1, -0.05) is 23.9 Å². The predicted molar refractivity (Wildman–Crippen MR) is 58.9 cm³/mol. The average Bonchev–Trinajstić information content (AvgIpc) is 2.16. The molecule has 2 rings (SSSR count). The first-order valence-electron chi connectivity index (χ1n) is 4.73. The first-order chi connectivity index (χ1) is 7.16. The van der Waals surface area contributed by atoms with Crippen LogP contribution in [0.5, 0.6) is 0 Å². The minimum absolute atomic E-state index is 0.0874. The normalized spacial score (nSPS) is 19.3. The Morgan fingerprint density at radius 3 is 2.93 bits per heavy atom. The Morgan fingerprint density at radius 1 is 1.47 bits per heavy atom. The molecule has 0 bridgehead atoms. The minimum atomic E-state index is -0.120. The Balaban J connectivity index is 2.23. The number of ketones is 1. The number of Topliss-reactive ketones (excluding diaryl/α,β-unsaturated/α-hetero) is 1. The summed E-state index contributed by atoms with van der Waals surface area (Å²) in [5, 5.41) is 2.69. The number of nitrogens with one attached hydrogen (secondary N) is 1. The van der Waals surface area contributed by atoms with Crippen molar-refractivity contribution in [2.45, 2.75) is 23.6 Å². The van der Waals surface area contributed by atoms with Crippen molar-refractivity contribution in [3.8, 4) is 0 Å². The van der Waals surface area contributed by atoms with Gasteiger partial charge < -0.3 is 5.32 Å². The standard InChI is InChI=1S/C11H11NO2S/c1-7(13)6-10-12-11(14)8-4-2-3-5-9(8)15-10/h2-5,10H,6H2,1H3,(H,12,14). The Labute approximate surface area is 92.2 Å². The summed E-state index contributed by atoms with van der Waals surface area (Å²) in [5.41, 5.74) is 0.697. The third kappa shape index (κ3) is 2.21. The fourth-order valence-corrected chi connectivity index (χ4v) is 2.75. The highest BCUT2D eigenvalue weighted by atomic mass is 32.2. The molecular formula is C11H11NO2S. The first kappa shape index (κ1) is 10.2. The van der Waals surface area contributed by atoms with Gasteiger partial charge in [0.15, 0.2) is 0 Å². The second kappa shape index (κ2) is 4.06. The first-order valence-corrected chi connectivity index (χ1v) is 5.61. The third-order valence-electron chi connectivity index (χ3n) is 2.17. The van der Waals surface area contributed by atoms with Gasteiger partial charge in [-0.3, -0.25) is 9.59 Å². The van der Waals surface area contributed by atoms with Crippen molar-refractivity contribution in [3.05, 3.63) is 29.8 Å². The maximum absolute atomic E-state index is 11.6.